The van der Waals surface area contributed by atoms with E-state index in [0.29, 0.717) is 13.0 Å². The molecule has 0 unspecified atom stereocenters. The zero-order valence-electron chi connectivity index (χ0n) is 21.7. The number of halogens is 1. The topological polar surface area (TPSA) is 54.5 Å². The van der Waals surface area contributed by atoms with Crippen molar-refractivity contribution in [3.8, 4) is 16.3 Å². The van der Waals surface area contributed by atoms with E-state index in [9.17, 15) is 4.79 Å². The summed E-state index contributed by atoms with van der Waals surface area (Å²) in [5.41, 5.74) is 5.71. The number of carbonyl (C=O) groups is 1. The molecule has 0 spiro atoms. The van der Waals surface area contributed by atoms with Crippen LogP contribution in [0.3, 0.4) is 0 Å². The second-order valence-corrected chi connectivity index (χ2v) is 11.6. The number of nitrogens with one attached hydrogen (secondary N) is 1. The first-order chi connectivity index (χ1) is 18.7. The van der Waals surface area contributed by atoms with E-state index in [0.717, 1.165) is 63.2 Å². The minimum absolute atomic E-state index is 0. The van der Waals surface area contributed by atoms with E-state index in [-0.39, 0.29) is 18.3 Å². The van der Waals surface area contributed by atoms with Crippen LogP contribution < -0.4 is 10.1 Å². The van der Waals surface area contributed by atoms with Crippen LogP contribution in [0, 0.1) is 0 Å². The highest BCUT2D eigenvalue weighted by Crippen LogP contribution is 2.45. The van der Waals surface area contributed by atoms with Gasteiger partial charge in [0.2, 0.25) is 5.91 Å². The number of amides is 1. The van der Waals surface area contributed by atoms with Gasteiger partial charge >= 0.3 is 0 Å². The highest BCUT2D eigenvalue weighted by atomic mass is 35.5. The van der Waals surface area contributed by atoms with Crippen LogP contribution in [0.5, 0.6) is 5.75 Å². The summed E-state index contributed by atoms with van der Waals surface area (Å²) in [6.07, 6.45) is 1.26. The van der Waals surface area contributed by atoms with Crippen LogP contribution in [0.4, 0.5) is 5.00 Å². The normalized spacial score (nSPS) is 13.1. The number of hydrogen-bond donors (Lipinski definition) is 1. The molecule has 8 heteroatoms. The lowest BCUT2D eigenvalue weighted by atomic mass is 10.0. The molecule has 1 amide bonds. The van der Waals surface area contributed by atoms with Gasteiger partial charge in [-0.25, -0.2) is 4.98 Å². The second-order valence-electron chi connectivity index (χ2n) is 9.44. The molecule has 3 aromatic carbocycles. The van der Waals surface area contributed by atoms with Gasteiger partial charge in [0, 0.05) is 30.1 Å². The average molecular weight is 576 g/mol. The van der Waals surface area contributed by atoms with E-state index < -0.39 is 0 Å². The fourth-order valence-electron chi connectivity index (χ4n) is 4.95. The third-order valence-electron chi connectivity index (χ3n) is 6.74. The largest absolute Gasteiger partial charge is 0.494 e. The van der Waals surface area contributed by atoms with Crippen molar-refractivity contribution in [3.63, 3.8) is 0 Å². The van der Waals surface area contributed by atoms with Crippen LogP contribution in [0.2, 0.25) is 0 Å². The summed E-state index contributed by atoms with van der Waals surface area (Å²) < 4.78 is 6.70. The molecule has 1 aliphatic heterocycles. The number of ether oxygens (including phenoxy) is 1. The number of nitrogens with zero attached hydrogens (tertiary/aromatic N) is 2. The molecule has 0 saturated heterocycles. The molecule has 39 heavy (non-hydrogen) atoms. The Kier molecular flexibility index (Phi) is 8.63. The molecule has 200 valence electrons. The van der Waals surface area contributed by atoms with Gasteiger partial charge in [0.1, 0.15) is 15.8 Å². The van der Waals surface area contributed by atoms with Crippen LogP contribution in [0.25, 0.3) is 20.8 Å². The SMILES string of the molecule is CCOc1ccc(CC(=O)Nc2sc3c(c2-c2nc4ccccc4s2)CCN(Cc2ccccc2)C3)cc1.Cl. The number of thiazole rings is 1. The Bertz CT molecular complexity index is 1530. The number of hydrogen-bond acceptors (Lipinski definition) is 6. The third kappa shape index (κ3) is 6.17. The Labute approximate surface area is 242 Å². The Hall–Kier alpha value is -3.23. The first-order valence-electron chi connectivity index (χ1n) is 12.9. The van der Waals surface area contributed by atoms with Crippen molar-refractivity contribution in [1.29, 1.82) is 0 Å². The van der Waals surface area contributed by atoms with E-state index in [4.69, 9.17) is 9.72 Å². The van der Waals surface area contributed by atoms with Gasteiger partial charge in [0.15, 0.2) is 0 Å². The lowest BCUT2D eigenvalue weighted by Crippen LogP contribution is -2.29. The summed E-state index contributed by atoms with van der Waals surface area (Å²) in [4.78, 5) is 22.0. The fraction of sp³-hybridized carbons (Fsp3) is 0.226. The number of rotatable bonds is 8. The molecule has 5 aromatic rings. The molecule has 0 fully saturated rings. The molecule has 1 aliphatic rings. The van der Waals surface area contributed by atoms with Crippen molar-refractivity contribution < 1.29 is 9.53 Å². The van der Waals surface area contributed by atoms with Crippen LogP contribution in [0.1, 0.15) is 28.5 Å². The summed E-state index contributed by atoms with van der Waals surface area (Å²) in [6.45, 7) is 5.37. The third-order valence-corrected chi connectivity index (χ3v) is 8.93. The van der Waals surface area contributed by atoms with Gasteiger partial charge in [-0.05, 0) is 54.3 Å². The molecule has 5 nitrogen and oxygen atoms in total. The molecule has 2 aromatic heterocycles. The van der Waals surface area contributed by atoms with Crippen LogP contribution in [-0.4, -0.2) is 28.9 Å². The molecular weight excluding hydrogens is 546 g/mol. The van der Waals surface area contributed by atoms with Gasteiger partial charge < -0.3 is 10.1 Å². The lowest BCUT2D eigenvalue weighted by Gasteiger charge is -2.27. The summed E-state index contributed by atoms with van der Waals surface area (Å²) in [5.74, 6) is 0.803. The first kappa shape index (κ1) is 27.3. The van der Waals surface area contributed by atoms with Crippen molar-refractivity contribution in [1.82, 2.24) is 9.88 Å². The number of para-hydroxylation sites is 1. The molecule has 6 rings (SSSR count). The number of anilines is 1. The van der Waals surface area contributed by atoms with E-state index in [1.54, 1.807) is 22.7 Å². The van der Waals surface area contributed by atoms with E-state index >= 15 is 0 Å². The first-order valence-corrected chi connectivity index (χ1v) is 14.6. The smallest absolute Gasteiger partial charge is 0.229 e. The highest BCUT2D eigenvalue weighted by molar-refractivity contribution is 7.22. The average Bonchev–Trinajstić information content (AvgIpc) is 3.51. The van der Waals surface area contributed by atoms with E-state index in [1.165, 1.54) is 16.0 Å². The number of aromatic nitrogens is 1. The van der Waals surface area contributed by atoms with Crippen molar-refractivity contribution in [3.05, 3.63) is 100 Å². The Balaban J connectivity index is 0.00000308. The second kappa shape index (κ2) is 12.3. The number of fused-ring (bicyclic) bond motifs is 2. The molecular formula is C31H30ClN3O2S2. The molecule has 3 heterocycles. The Morgan fingerprint density at radius 2 is 1.74 bits per heavy atom. The predicted octanol–water partition coefficient (Wildman–Crippen LogP) is 7.58. The highest BCUT2D eigenvalue weighted by Gasteiger charge is 2.28. The monoisotopic (exact) mass is 575 g/mol. The molecule has 0 aliphatic carbocycles. The quantitative estimate of drug-likeness (QED) is 0.207. The molecule has 1 N–H and O–H groups in total. The minimum Gasteiger partial charge on any atom is -0.494 e. The molecule has 0 radical (unpaired) electrons. The van der Waals surface area contributed by atoms with Gasteiger partial charge in [-0.15, -0.1) is 35.1 Å². The van der Waals surface area contributed by atoms with Crippen molar-refractivity contribution in [2.45, 2.75) is 32.9 Å². The van der Waals surface area contributed by atoms with E-state index in [2.05, 4.69) is 52.7 Å². The fourth-order valence-corrected chi connectivity index (χ4v) is 7.37. The van der Waals surface area contributed by atoms with Crippen molar-refractivity contribution >= 4 is 56.2 Å². The zero-order chi connectivity index (χ0) is 25.9. The van der Waals surface area contributed by atoms with Crippen LogP contribution in [0.15, 0.2) is 78.9 Å². The van der Waals surface area contributed by atoms with Gasteiger partial charge in [-0.1, -0.05) is 54.6 Å². The molecule has 0 bridgehead atoms. The van der Waals surface area contributed by atoms with Gasteiger partial charge in [0.05, 0.1) is 23.2 Å². The maximum Gasteiger partial charge on any atom is 0.229 e. The van der Waals surface area contributed by atoms with Gasteiger partial charge in [0.25, 0.3) is 0 Å². The predicted molar refractivity (Wildman–Crippen MR) is 164 cm³/mol. The number of carbonyl (C=O) groups excluding carboxylic acids is 1. The van der Waals surface area contributed by atoms with Crippen molar-refractivity contribution in [2.75, 3.05) is 18.5 Å². The number of thiophene rings is 1. The van der Waals surface area contributed by atoms with Gasteiger partial charge in [-0.2, -0.15) is 0 Å². The van der Waals surface area contributed by atoms with Crippen molar-refractivity contribution in [2.24, 2.45) is 0 Å². The molecule has 0 saturated carbocycles. The summed E-state index contributed by atoms with van der Waals surface area (Å²) in [7, 11) is 0. The maximum atomic E-state index is 13.2. The summed E-state index contributed by atoms with van der Waals surface area (Å²) in [5, 5.41) is 5.15. The van der Waals surface area contributed by atoms with E-state index in [1.807, 2.05) is 43.3 Å². The zero-order valence-corrected chi connectivity index (χ0v) is 24.1. The maximum absolute atomic E-state index is 13.2. The standard InChI is InChI=1S/C31H29N3O2S2.ClH/c1-2-36-23-14-12-21(13-15-23)18-28(35)33-31-29(30-32-25-10-6-7-11-26(25)37-30)24-16-17-34(20-27(24)38-31)19-22-8-4-3-5-9-22;/h3-15H,2,16-20H2,1H3,(H,33,35);1H. The lowest BCUT2D eigenvalue weighted by molar-refractivity contribution is -0.115. The summed E-state index contributed by atoms with van der Waals surface area (Å²) >= 11 is 3.40. The van der Waals surface area contributed by atoms with Crippen LogP contribution >= 0.6 is 35.1 Å². The Morgan fingerprint density at radius 3 is 2.51 bits per heavy atom. The van der Waals surface area contributed by atoms with Crippen LogP contribution in [-0.2, 0) is 30.7 Å². The minimum atomic E-state index is -0.0174. The van der Waals surface area contributed by atoms with Gasteiger partial charge in [-0.3, -0.25) is 9.69 Å². The molecule has 0 atom stereocenters. The Morgan fingerprint density at radius 1 is 0.974 bits per heavy atom. The number of benzene rings is 3. The summed E-state index contributed by atoms with van der Waals surface area (Å²) in [6, 6.07) is 26.6.